The Balaban J connectivity index is 1.90. The van der Waals surface area contributed by atoms with E-state index in [1.807, 2.05) is 7.05 Å². The van der Waals surface area contributed by atoms with Crippen LogP contribution < -0.4 is 0 Å². The summed E-state index contributed by atoms with van der Waals surface area (Å²) >= 11 is 6.00. The van der Waals surface area contributed by atoms with Gasteiger partial charge in [0.15, 0.2) is 11.6 Å². The van der Waals surface area contributed by atoms with Crippen LogP contribution in [0, 0.1) is 11.6 Å². The summed E-state index contributed by atoms with van der Waals surface area (Å²) in [6.45, 7) is 1.98. The van der Waals surface area contributed by atoms with Crippen LogP contribution in [0.25, 0.3) is 0 Å². The molecule has 4 nitrogen and oxygen atoms in total. The van der Waals surface area contributed by atoms with Crippen LogP contribution >= 0.6 is 11.6 Å². The van der Waals surface area contributed by atoms with Gasteiger partial charge in [-0.05, 0) is 57.2 Å². The lowest BCUT2D eigenvalue weighted by molar-refractivity contribution is 0.0550. The van der Waals surface area contributed by atoms with E-state index >= 15 is 0 Å². The van der Waals surface area contributed by atoms with Crippen LogP contribution in [0.3, 0.4) is 0 Å². The zero-order chi connectivity index (χ0) is 18.0. The first-order chi connectivity index (χ1) is 12.0. The van der Waals surface area contributed by atoms with Gasteiger partial charge >= 0.3 is 0 Å². The van der Waals surface area contributed by atoms with Gasteiger partial charge in [-0.25, -0.2) is 8.78 Å². The summed E-state index contributed by atoms with van der Waals surface area (Å²) in [5, 5.41) is -0.0960. The molecule has 0 radical (unpaired) electrons. The third-order valence-electron chi connectivity index (χ3n) is 4.54. The molecule has 1 amide bonds. The van der Waals surface area contributed by atoms with E-state index in [1.54, 1.807) is 17.0 Å². The lowest BCUT2D eigenvalue weighted by Crippen LogP contribution is -2.46. The number of nitrogens with zero attached hydrogens (tertiary/aromatic N) is 2. The van der Waals surface area contributed by atoms with Crippen LogP contribution in [0.2, 0.25) is 5.02 Å². The normalized spacial score (nSPS) is 16.2. The fourth-order valence-corrected chi connectivity index (χ4v) is 3.32. The molecule has 1 saturated heterocycles. The lowest BCUT2D eigenvalue weighted by atomic mass is 10.0. The summed E-state index contributed by atoms with van der Waals surface area (Å²) in [6.07, 6.45) is 3.13. The largest absolute Gasteiger partial charge is 0.467 e. The first-order valence-electron chi connectivity index (χ1n) is 8.12. The lowest BCUT2D eigenvalue weighted by Gasteiger charge is -2.37. The summed E-state index contributed by atoms with van der Waals surface area (Å²) in [6, 6.07) is 5.21. The molecule has 0 unspecified atom stereocenters. The Kier molecular flexibility index (Phi) is 5.39. The van der Waals surface area contributed by atoms with E-state index in [2.05, 4.69) is 4.90 Å². The Morgan fingerprint density at radius 3 is 2.64 bits per heavy atom. The Morgan fingerprint density at radius 1 is 1.32 bits per heavy atom. The van der Waals surface area contributed by atoms with Crippen molar-refractivity contribution in [1.82, 2.24) is 9.80 Å². The Bertz CT molecular complexity index is 744. The van der Waals surface area contributed by atoms with Crippen LogP contribution in [-0.2, 0) is 6.54 Å². The predicted molar refractivity (Wildman–Crippen MR) is 90.5 cm³/mol. The summed E-state index contributed by atoms with van der Waals surface area (Å²) in [5.41, 5.74) is -0.0361. The number of carbonyl (C=O) groups is 1. The fourth-order valence-electron chi connectivity index (χ4n) is 3.08. The molecular weight excluding hydrogens is 350 g/mol. The number of carbonyl (C=O) groups excluding carboxylic acids is 1. The van der Waals surface area contributed by atoms with Gasteiger partial charge in [0.25, 0.3) is 5.91 Å². The maximum absolute atomic E-state index is 13.6. The minimum atomic E-state index is -1.09. The topological polar surface area (TPSA) is 36.7 Å². The van der Waals surface area contributed by atoms with Crippen molar-refractivity contribution in [2.45, 2.75) is 25.4 Å². The van der Waals surface area contributed by atoms with Crippen LogP contribution in [0.4, 0.5) is 8.78 Å². The Hall–Kier alpha value is -1.92. The highest BCUT2D eigenvalue weighted by atomic mass is 35.5. The number of hydrogen-bond acceptors (Lipinski definition) is 3. The van der Waals surface area contributed by atoms with E-state index < -0.39 is 17.5 Å². The van der Waals surface area contributed by atoms with Gasteiger partial charge in [0.1, 0.15) is 5.76 Å². The molecule has 0 bridgehead atoms. The average Bonchev–Trinajstić information content (AvgIpc) is 3.09. The second-order valence-electron chi connectivity index (χ2n) is 6.29. The van der Waals surface area contributed by atoms with Gasteiger partial charge in [0.2, 0.25) is 0 Å². The van der Waals surface area contributed by atoms with Crippen LogP contribution in [0.1, 0.15) is 29.0 Å². The van der Waals surface area contributed by atoms with Gasteiger partial charge in [-0.1, -0.05) is 11.6 Å². The second kappa shape index (κ2) is 7.54. The van der Waals surface area contributed by atoms with E-state index in [1.165, 1.54) is 6.26 Å². The summed E-state index contributed by atoms with van der Waals surface area (Å²) in [4.78, 5) is 16.9. The standard InChI is InChI=1S/C18H19ClF2N2O2/c1-22-6-4-12(5-7-22)23(11-13-3-2-8-25-13)18(24)14-9-16(20)17(21)10-15(14)19/h2-3,8-10,12H,4-7,11H2,1H3. The van der Waals surface area contributed by atoms with Crippen molar-refractivity contribution in [2.75, 3.05) is 20.1 Å². The minimum absolute atomic E-state index is 0.0158. The van der Waals surface area contributed by atoms with Gasteiger partial charge in [-0.2, -0.15) is 0 Å². The summed E-state index contributed by atoms with van der Waals surface area (Å²) in [7, 11) is 2.03. The highest BCUT2D eigenvalue weighted by Crippen LogP contribution is 2.26. The smallest absolute Gasteiger partial charge is 0.256 e. The molecule has 0 aliphatic carbocycles. The van der Waals surface area contributed by atoms with Crippen molar-refractivity contribution in [3.8, 4) is 0 Å². The number of rotatable bonds is 4. The summed E-state index contributed by atoms with van der Waals surface area (Å²) in [5.74, 6) is -1.95. The zero-order valence-corrected chi connectivity index (χ0v) is 14.6. The number of amides is 1. The van der Waals surface area contributed by atoms with Crippen LogP contribution in [0.5, 0.6) is 0 Å². The maximum Gasteiger partial charge on any atom is 0.256 e. The van der Waals surface area contributed by atoms with Crippen molar-refractivity contribution < 1.29 is 18.0 Å². The highest BCUT2D eigenvalue weighted by molar-refractivity contribution is 6.33. The van der Waals surface area contributed by atoms with Gasteiger partial charge in [0.05, 0.1) is 23.4 Å². The van der Waals surface area contributed by atoms with Crippen LogP contribution in [0.15, 0.2) is 34.9 Å². The molecule has 0 N–H and O–H groups in total. The van der Waals surface area contributed by atoms with E-state index in [9.17, 15) is 13.6 Å². The van der Waals surface area contributed by atoms with Crippen LogP contribution in [-0.4, -0.2) is 41.9 Å². The van der Waals surface area contributed by atoms with Crippen molar-refractivity contribution in [3.05, 3.63) is 58.5 Å². The van der Waals surface area contributed by atoms with E-state index in [0.717, 1.165) is 38.1 Å². The molecule has 0 spiro atoms. The third-order valence-corrected chi connectivity index (χ3v) is 4.85. The molecular formula is C18H19ClF2N2O2. The van der Waals surface area contributed by atoms with Crippen molar-refractivity contribution in [3.63, 3.8) is 0 Å². The van der Waals surface area contributed by atoms with Gasteiger partial charge in [0, 0.05) is 6.04 Å². The molecule has 2 heterocycles. The van der Waals surface area contributed by atoms with E-state index in [0.29, 0.717) is 5.76 Å². The quantitative estimate of drug-likeness (QED) is 0.767. The molecule has 1 aliphatic rings. The van der Waals surface area contributed by atoms with Crippen molar-refractivity contribution in [2.24, 2.45) is 0 Å². The van der Waals surface area contributed by atoms with Gasteiger partial charge in [-0.3, -0.25) is 4.79 Å². The average molecular weight is 369 g/mol. The molecule has 0 atom stereocenters. The minimum Gasteiger partial charge on any atom is -0.467 e. The van der Waals surface area contributed by atoms with Crippen molar-refractivity contribution >= 4 is 17.5 Å². The second-order valence-corrected chi connectivity index (χ2v) is 6.70. The maximum atomic E-state index is 13.6. The third kappa shape index (κ3) is 4.02. The molecule has 1 aromatic carbocycles. The molecule has 0 saturated carbocycles. The SMILES string of the molecule is CN1CCC(N(Cc2ccco2)C(=O)c2cc(F)c(F)cc2Cl)CC1. The zero-order valence-electron chi connectivity index (χ0n) is 13.8. The Morgan fingerprint density at radius 2 is 2.00 bits per heavy atom. The highest BCUT2D eigenvalue weighted by Gasteiger charge is 2.30. The first-order valence-corrected chi connectivity index (χ1v) is 8.50. The molecule has 1 fully saturated rings. The molecule has 134 valence electrons. The number of furan rings is 1. The predicted octanol–water partition coefficient (Wildman–Crippen LogP) is 3.95. The molecule has 1 aliphatic heterocycles. The number of halogens is 3. The number of likely N-dealkylation sites (tertiary alicyclic amines) is 1. The number of hydrogen-bond donors (Lipinski definition) is 0. The van der Waals surface area contributed by atoms with Crippen molar-refractivity contribution in [1.29, 1.82) is 0 Å². The fraction of sp³-hybridized carbons (Fsp3) is 0.389. The van der Waals surface area contributed by atoms with E-state index in [4.69, 9.17) is 16.0 Å². The Labute approximate surface area is 150 Å². The molecule has 25 heavy (non-hydrogen) atoms. The summed E-state index contributed by atoms with van der Waals surface area (Å²) < 4.78 is 32.3. The molecule has 3 rings (SSSR count). The first kappa shape index (κ1) is 17.9. The monoisotopic (exact) mass is 368 g/mol. The molecule has 1 aromatic heterocycles. The number of piperidine rings is 1. The molecule has 7 heteroatoms. The number of benzene rings is 1. The van der Waals surface area contributed by atoms with E-state index in [-0.39, 0.29) is 23.2 Å². The van der Waals surface area contributed by atoms with Gasteiger partial charge < -0.3 is 14.2 Å². The van der Waals surface area contributed by atoms with Gasteiger partial charge in [-0.15, -0.1) is 0 Å². The molecule has 2 aromatic rings.